The normalized spacial score (nSPS) is 16.1. The van der Waals surface area contributed by atoms with Crippen molar-refractivity contribution >= 4 is 26.9 Å². The molecule has 2 N–H and O–H groups in total. The molecule has 38 heavy (non-hydrogen) atoms. The predicted molar refractivity (Wildman–Crippen MR) is 147 cm³/mol. The van der Waals surface area contributed by atoms with Crippen LogP contribution in [0, 0.1) is 17.8 Å². The van der Waals surface area contributed by atoms with Crippen LogP contribution in [0.4, 0.5) is 0 Å². The Morgan fingerprint density at radius 1 is 1.03 bits per heavy atom. The lowest BCUT2D eigenvalue weighted by molar-refractivity contribution is 0.0697. The summed E-state index contributed by atoms with van der Waals surface area (Å²) in [6.45, 7) is 3.73. The third-order valence-corrected chi connectivity index (χ3v) is 8.62. The average molecular weight is 526 g/mol. The molecule has 6 rings (SSSR count). The number of rotatable bonds is 5. The first kappa shape index (κ1) is 24.4. The molecule has 1 saturated heterocycles. The van der Waals surface area contributed by atoms with Gasteiger partial charge < -0.3 is 10.1 Å². The number of nitrogens with zero attached hydrogens (tertiary/aromatic N) is 2. The highest BCUT2D eigenvalue weighted by Gasteiger charge is 2.35. The molecule has 0 unspecified atom stereocenters. The van der Waals surface area contributed by atoms with E-state index in [1.807, 2.05) is 42.6 Å². The minimum absolute atomic E-state index is 0.220. The molecule has 2 aliphatic heterocycles. The second kappa shape index (κ2) is 9.44. The molecule has 0 aliphatic carbocycles. The van der Waals surface area contributed by atoms with Gasteiger partial charge in [0.25, 0.3) is 0 Å². The Balaban J connectivity index is 1.24. The number of hydrogen-bond acceptors (Lipinski definition) is 4. The topological polar surface area (TPSA) is 93.7 Å². The Morgan fingerprint density at radius 2 is 1.84 bits per heavy atom. The summed E-state index contributed by atoms with van der Waals surface area (Å²) in [5.74, 6) is 5.87. The zero-order valence-electron chi connectivity index (χ0n) is 20.9. The number of hydrogen-bond donors (Lipinski definition) is 2. The van der Waals surface area contributed by atoms with E-state index in [0.717, 1.165) is 41.7 Å². The standard InChI is InChI=1S/C30H27N3O4S/c1-38(36,37)33-16-21(17-33)15-32-18-25-8-6-20(13-26(25)19-32)5-7-23-3-2-4-27(30(34)35)29(23)24-10-9-22-11-12-31-28(22)14-24/h2-4,6,8-14,21,31H,15-19H2,1H3,(H,34,35). The molecule has 0 amide bonds. The number of aromatic amines is 1. The second-order valence-electron chi connectivity index (χ2n) is 10.2. The SMILES string of the molecule is CS(=O)(=O)N1CC(CN2Cc3ccc(C#Cc4cccc(C(=O)O)c4-c4ccc5cc[nH]c5c4)cc3C2)C1. The highest BCUT2D eigenvalue weighted by molar-refractivity contribution is 7.88. The molecule has 7 nitrogen and oxygen atoms in total. The Morgan fingerprint density at radius 3 is 2.63 bits per heavy atom. The number of H-pyrrole nitrogens is 1. The van der Waals surface area contributed by atoms with Crippen LogP contribution in [-0.2, 0) is 23.1 Å². The first-order valence-electron chi connectivity index (χ1n) is 12.5. The van der Waals surface area contributed by atoms with Crippen LogP contribution in [-0.4, -0.2) is 59.6 Å². The fourth-order valence-electron chi connectivity index (χ4n) is 5.43. The molecule has 3 aromatic carbocycles. The first-order valence-corrected chi connectivity index (χ1v) is 14.3. The van der Waals surface area contributed by atoms with Crippen molar-refractivity contribution in [3.63, 3.8) is 0 Å². The van der Waals surface area contributed by atoms with Crippen LogP contribution in [0.25, 0.3) is 22.0 Å². The summed E-state index contributed by atoms with van der Waals surface area (Å²) < 4.78 is 24.8. The lowest BCUT2D eigenvalue weighted by atomic mass is 9.93. The van der Waals surface area contributed by atoms with Crippen LogP contribution in [0.3, 0.4) is 0 Å². The van der Waals surface area contributed by atoms with Gasteiger partial charge in [-0.1, -0.05) is 36.1 Å². The second-order valence-corrected chi connectivity index (χ2v) is 12.1. The van der Waals surface area contributed by atoms with Crippen LogP contribution < -0.4 is 0 Å². The molecular formula is C30H27N3O4S. The third-order valence-electron chi connectivity index (χ3n) is 7.38. The third kappa shape index (κ3) is 4.72. The molecule has 0 atom stereocenters. The number of aromatic carboxylic acids is 1. The minimum Gasteiger partial charge on any atom is -0.478 e. The van der Waals surface area contributed by atoms with Crippen molar-refractivity contribution < 1.29 is 18.3 Å². The monoisotopic (exact) mass is 525 g/mol. The fraction of sp³-hybridized carbons (Fsp3) is 0.233. The van der Waals surface area contributed by atoms with Crippen molar-refractivity contribution in [2.24, 2.45) is 5.92 Å². The first-order chi connectivity index (χ1) is 18.2. The molecule has 192 valence electrons. The van der Waals surface area contributed by atoms with Crippen LogP contribution >= 0.6 is 0 Å². The molecule has 0 spiro atoms. The number of carboxylic acid groups (broad SMARTS) is 1. The van der Waals surface area contributed by atoms with Crippen LogP contribution in [0.1, 0.15) is 32.6 Å². The van der Waals surface area contributed by atoms with Gasteiger partial charge >= 0.3 is 5.97 Å². The van der Waals surface area contributed by atoms with E-state index in [2.05, 4.69) is 33.9 Å². The quantitative estimate of drug-likeness (QED) is 0.382. The Bertz CT molecular complexity index is 1740. The van der Waals surface area contributed by atoms with Gasteiger partial charge in [-0.15, -0.1) is 0 Å². The van der Waals surface area contributed by atoms with Crippen molar-refractivity contribution in [1.29, 1.82) is 0 Å². The van der Waals surface area contributed by atoms with Gasteiger partial charge in [-0.25, -0.2) is 17.5 Å². The molecule has 4 aromatic rings. The van der Waals surface area contributed by atoms with Gasteiger partial charge in [0.15, 0.2) is 0 Å². The molecular weight excluding hydrogens is 498 g/mol. The summed E-state index contributed by atoms with van der Waals surface area (Å²) >= 11 is 0. The highest BCUT2D eigenvalue weighted by atomic mass is 32.2. The molecule has 8 heteroatoms. The van der Waals surface area contributed by atoms with Gasteiger partial charge in [0, 0.05) is 61.1 Å². The smallest absolute Gasteiger partial charge is 0.336 e. The zero-order valence-corrected chi connectivity index (χ0v) is 21.8. The Kier molecular flexibility index (Phi) is 6.07. The van der Waals surface area contributed by atoms with Crippen molar-refractivity contribution in [1.82, 2.24) is 14.2 Å². The molecule has 1 fully saturated rings. The molecule has 0 radical (unpaired) electrons. The van der Waals surface area contributed by atoms with E-state index in [1.165, 1.54) is 21.7 Å². The minimum atomic E-state index is -3.09. The lowest BCUT2D eigenvalue weighted by Gasteiger charge is -2.39. The van der Waals surface area contributed by atoms with Crippen LogP contribution in [0.2, 0.25) is 0 Å². The number of fused-ring (bicyclic) bond motifs is 2. The van der Waals surface area contributed by atoms with Crippen molar-refractivity contribution in [2.75, 3.05) is 25.9 Å². The Hall–Kier alpha value is -3.90. The molecule has 1 aromatic heterocycles. The fourth-order valence-corrected chi connectivity index (χ4v) is 6.40. The summed E-state index contributed by atoms with van der Waals surface area (Å²) in [6.07, 6.45) is 3.13. The van der Waals surface area contributed by atoms with E-state index in [1.54, 1.807) is 12.1 Å². The van der Waals surface area contributed by atoms with Gasteiger partial charge in [-0.2, -0.15) is 0 Å². The van der Waals surface area contributed by atoms with Gasteiger partial charge in [0.2, 0.25) is 10.0 Å². The molecule has 0 bridgehead atoms. The molecule has 2 aliphatic rings. The number of sulfonamides is 1. The summed E-state index contributed by atoms with van der Waals surface area (Å²) in [4.78, 5) is 17.6. The average Bonchev–Trinajstić information content (AvgIpc) is 3.49. The maximum Gasteiger partial charge on any atom is 0.336 e. The van der Waals surface area contributed by atoms with Gasteiger partial charge in [0.05, 0.1) is 11.8 Å². The van der Waals surface area contributed by atoms with Gasteiger partial charge in [0.1, 0.15) is 0 Å². The summed E-state index contributed by atoms with van der Waals surface area (Å²) in [6, 6.07) is 19.3. The van der Waals surface area contributed by atoms with Gasteiger partial charge in [-0.3, -0.25) is 4.90 Å². The van der Waals surface area contributed by atoms with Crippen LogP contribution in [0.5, 0.6) is 0 Å². The summed E-state index contributed by atoms with van der Waals surface area (Å²) in [5, 5.41) is 10.9. The zero-order chi connectivity index (χ0) is 26.4. The van der Waals surface area contributed by atoms with E-state index in [4.69, 9.17) is 0 Å². The molecule has 3 heterocycles. The highest BCUT2D eigenvalue weighted by Crippen LogP contribution is 2.31. The Labute approximate surface area is 221 Å². The number of carboxylic acids is 1. The van der Waals surface area contributed by atoms with Crippen molar-refractivity contribution in [3.8, 4) is 23.0 Å². The van der Waals surface area contributed by atoms with Gasteiger partial charge in [-0.05, 0) is 64.4 Å². The maximum atomic E-state index is 12.1. The number of aromatic nitrogens is 1. The number of carbonyl (C=O) groups is 1. The van der Waals surface area contributed by atoms with E-state index < -0.39 is 16.0 Å². The number of nitrogens with one attached hydrogen (secondary N) is 1. The number of benzene rings is 3. The van der Waals surface area contributed by atoms with E-state index in [-0.39, 0.29) is 5.56 Å². The van der Waals surface area contributed by atoms with E-state index >= 15 is 0 Å². The van der Waals surface area contributed by atoms with E-state index in [9.17, 15) is 18.3 Å². The van der Waals surface area contributed by atoms with Crippen LogP contribution in [0.15, 0.2) is 66.9 Å². The van der Waals surface area contributed by atoms with Crippen molar-refractivity contribution in [3.05, 3.63) is 94.7 Å². The summed E-state index contributed by atoms with van der Waals surface area (Å²) in [5.41, 5.74) is 6.61. The summed E-state index contributed by atoms with van der Waals surface area (Å²) in [7, 11) is -3.09. The predicted octanol–water partition coefficient (Wildman–Crippen LogP) is 4.14. The van der Waals surface area contributed by atoms with E-state index in [0.29, 0.717) is 30.1 Å². The lowest BCUT2D eigenvalue weighted by Crippen LogP contribution is -2.52. The maximum absolute atomic E-state index is 12.1. The largest absolute Gasteiger partial charge is 0.478 e. The van der Waals surface area contributed by atoms with Crippen molar-refractivity contribution in [2.45, 2.75) is 13.1 Å². The molecule has 0 saturated carbocycles.